The number of halogens is 2. The molecule has 1 saturated carbocycles. The van der Waals surface area contributed by atoms with E-state index < -0.39 is 5.92 Å². The van der Waals surface area contributed by atoms with Crippen LogP contribution < -0.4 is 0 Å². The van der Waals surface area contributed by atoms with Crippen LogP contribution >= 0.6 is 0 Å². The number of alkyl halides is 2. The second kappa shape index (κ2) is 3.55. The first kappa shape index (κ1) is 10.9. The van der Waals surface area contributed by atoms with Crippen molar-refractivity contribution in [2.45, 2.75) is 46.5 Å². The van der Waals surface area contributed by atoms with Gasteiger partial charge in [0.25, 0.3) is 5.92 Å². The zero-order chi connectivity index (χ0) is 10.2. The fourth-order valence-corrected chi connectivity index (χ4v) is 2.21. The summed E-state index contributed by atoms with van der Waals surface area (Å²) in [7, 11) is 0. The molecule has 78 valence electrons. The predicted molar refractivity (Wildman–Crippen MR) is 50.8 cm³/mol. The summed E-state index contributed by atoms with van der Waals surface area (Å²) in [6.07, 6.45) is 1.64. The third-order valence-corrected chi connectivity index (χ3v) is 3.04. The van der Waals surface area contributed by atoms with E-state index in [1.54, 1.807) is 0 Å². The van der Waals surface area contributed by atoms with Crippen molar-refractivity contribution in [3.05, 3.63) is 0 Å². The topological polar surface area (TPSA) is 0 Å². The Morgan fingerprint density at radius 2 is 1.69 bits per heavy atom. The van der Waals surface area contributed by atoms with E-state index in [1.807, 2.05) is 13.8 Å². The Kier molecular flexibility index (Phi) is 2.98. The van der Waals surface area contributed by atoms with Crippen LogP contribution in [-0.4, -0.2) is 5.92 Å². The maximum Gasteiger partial charge on any atom is 0.254 e. The van der Waals surface area contributed by atoms with E-state index in [9.17, 15) is 8.78 Å². The summed E-state index contributed by atoms with van der Waals surface area (Å²) in [5.41, 5.74) is 0. The van der Waals surface area contributed by atoms with E-state index in [2.05, 4.69) is 13.8 Å². The van der Waals surface area contributed by atoms with Gasteiger partial charge < -0.3 is 0 Å². The van der Waals surface area contributed by atoms with E-state index in [1.165, 1.54) is 0 Å². The summed E-state index contributed by atoms with van der Waals surface area (Å²) in [6, 6.07) is 0. The highest BCUT2D eigenvalue weighted by Crippen LogP contribution is 2.60. The van der Waals surface area contributed by atoms with E-state index in [-0.39, 0.29) is 17.8 Å². The summed E-state index contributed by atoms with van der Waals surface area (Å²) < 4.78 is 26.3. The molecule has 2 unspecified atom stereocenters. The summed E-state index contributed by atoms with van der Waals surface area (Å²) >= 11 is 0. The molecule has 13 heavy (non-hydrogen) atoms. The average Bonchev–Trinajstić information content (AvgIpc) is 2.48. The van der Waals surface area contributed by atoms with Crippen LogP contribution in [0.2, 0.25) is 0 Å². The minimum atomic E-state index is -2.36. The Morgan fingerprint density at radius 3 is 2.00 bits per heavy atom. The molecule has 0 aromatic heterocycles. The molecule has 1 rings (SSSR count). The first-order valence-corrected chi connectivity index (χ1v) is 5.25. The number of hydrogen-bond acceptors (Lipinski definition) is 0. The lowest BCUT2D eigenvalue weighted by molar-refractivity contribution is 0.0749. The highest BCUT2D eigenvalue weighted by atomic mass is 19.3. The Hall–Kier alpha value is -0.140. The Morgan fingerprint density at radius 1 is 1.15 bits per heavy atom. The molecule has 0 N–H and O–H groups in total. The third kappa shape index (κ3) is 2.21. The molecule has 0 radical (unpaired) electrons. The standard InChI is InChI=1S/C11H20F2/c1-7(2)5-6-9-10(8(3)4)11(9,12)13/h7-10H,5-6H2,1-4H3. The lowest BCUT2D eigenvalue weighted by Crippen LogP contribution is -1.99. The third-order valence-electron chi connectivity index (χ3n) is 3.04. The van der Waals surface area contributed by atoms with Crippen LogP contribution in [-0.2, 0) is 0 Å². The van der Waals surface area contributed by atoms with E-state index in [4.69, 9.17) is 0 Å². The Labute approximate surface area is 79.7 Å². The largest absolute Gasteiger partial charge is 0.254 e. The molecule has 0 spiro atoms. The normalized spacial score (nSPS) is 31.4. The summed E-state index contributed by atoms with van der Waals surface area (Å²) in [5.74, 6) is -2.35. The van der Waals surface area contributed by atoms with Crippen LogP contribution in [0.5, 0.6) is 0 Å². The van der Waals surface area contributed by atoms with Crippen molar-refractivity contribution < 1.29 is 8.78 Å². The lowest BCUT2D eigenvalue weighted by atomic mass is 10.0. The zero-order valence-electron chi connectivity index (χ0n) is 8.98. The molecular formula is C11H20F2. The van der Waals surface area contributed by atoms with Gasteiger partial charge in [-0.15, -0.1) is 0 Å². The molecule has 0 nitrogen and oxygen atoms in total. The monoisotopic (exact) mass is 190 g/mol. The fraction of sp³-hybridized carbons (Fsp3) is 1.00. The van der Waals surface area contributed by atoms with Gasteiger partial charge in [-0.25, -0.2) is 8.78 Å². The van der Waals surface area contributed by atoms with Crippen molar-refractivity contribution >= 4 is 0 Å². The molecule has 2 heteroatoms. The van der Waals surface area contributed by atoms with Gasteiger partial charge in [0.1, 0.15) is 0 Å². The van der Waals surface area contributed by atoms with Crippen LogP contribution in [0.15, 0.2) is 0 Å². The highest BCUT2D eigenvalue weighted by Gasteiger charge is 2.67. The molecule has 0 aliphatic heterocycles. The molecule has 0 heterocycles. The van der Waals surface area contributed by atoms with Crippen LogP contribution in [0, 0.1) is 23.7 Å². The van der Waals surface area contributed by atoms with Crippen molar-refractivity contribution in [1.29, 1.82) is 0 Å². The van der Waals surface area contributed by atoms with Gasteiger partial charge in [0.2, 0.25) is 0 Å². The molecule has 0 aromatic rings. The van der Waals surface area contributed by atoms with E-state index in [0.29, 0.717) is 12.3 Å². The average molecular weight is 190 g/mol. The molecule has 0 aromatic carbocycles. The van der Waals surface area contributed by atoms with Gasteiger partial charge >= 0.3 is 0 Å². The van der Waals surface area contributed by atoms with Crippen molar-refractivity contribution in [2.75, 3.05) is 0 Å². The number of rotatable bonds is 4. The van der Waals surface area contributed by atoms with Crippen LogP contribution in [0.4, 0.5) is 8.78 Å². The molecule has 0 amide bonds. The second-order valence-corrected chi connectivity index (χ2v) is 5.02. The molecule has 1 fully saturated rings. The van der Waals surface area contributed by atoms with E-state index >= 15 is 0 Å². The summed E-state index contributed by atoms with van der Waals surface area (Å²) in [5, 5.41) is 0. The van der Waals surface area contributed by atoms with Gasteiger partial charge in [-0.3, -0.25) is 0 Å². The first-order valence-electron chi connectivity index (χ1n) is 5.25. The van der Waals surface area contributed by atoms with Gasteiger partial charge in [0, 0.05) is 11.8 Å². The minimum absolute atomic E-state index is 0.132. The zero-order valence-corrected chi connectivity index (χ0v) is 8.98. The van der Waals surface area contributed by atoms with Crippen LogP contribution in [0.1, 0.15) is 40.5 Å². The maximum absolute atomic E-state index is 13.2. The number of hydrogen-bond donors (Lipinski definition) is 0. The highest BCUT2D eigenvalue weighted by molar-refractivity contribution is 5.06. The van der Waals surface area contributed by atoms with E-state index in [0.717, 1.165) is 6.42 Å². The second-order valence-electron chi connectivity index (χ2n) is 5.02. The SMILES string of the molecule is CC(C)CCC1C(C(C)C)C1(F)F. The van der Waals surface area contributed by atoms with Crippen LogP contribution in [0.3, 0.4) is 0 Å². The van der Waals surface area contributed by atoms with Gasteiger partial charge in [-0.1, -0.05) is 34.1 Å². The maximum atomic E-state index is 13.2. The van der Waals surface area contributed by atoms with Crippen LogP contribution in [0.25, 0.3) is 0 Å². The molecular weight excluding hydrogens is 170 g/mol. The summed E-state index contributed by atoms with van der Waals surface area (Å²) in [6.45, 7) is 7.97. The Bertz CT molecular complexity index is 173. The lowest BCUT2D eigenvalue weighted by Gasteiger charge is -2.03. The van der Waals surface area contributed by atoms with Gasteiger partial charge in [-0.05, 0) is 18.3 Å². The fourth-order valence-electron chi connectivity index (χ4n) is 2.21. The van der Waals surface area contributed by atoms with Gasteiger partial charge in [0.05, 0.1) is 0 Å². The minimum Gasteiger partial charge on any atom is -0.206 e. The summed E-state index contributed by atoms with van der Waals surface area (Å²) in [4.78, 5) is 0. The van der Waals surface area contributed by atoms with Gasteiger partial charge in [-0.2, -0.15) is 0 Å². The van der Waals surface area contributed by atoms with Crippen molar-refractivity contribution in [3.63, 3.8) is 0 Å². The molecule has 0 bridgehead atoms. The predicted octanol–water partition coefficient (Wildman–Crippen LogP) is 3.96. The van der Waals surface area contributed by atoms with Crippen molar-refractivity contribution in [1.82, 2.24) is 0 Å². The molecule has 2 atom stereocenters. The smallest absolute Gasteiger partial charge is 0.206 e. The first-order chi connectivity index (χ1) is 5.87. The van der Waals surface area contributed by atoms with Crippen molar-refractivity contribution in [3.8, 4) is 0 Å². The molecule has 1 aliphatic carbocycles. The van der Waals surface area contributed by atoms with Crippen molar-refractivity contribution in [2.24, 2.45) is 23.7 Å². The van der Waals surface area contributed by atoms with Gasteiger partial charge in [0.15, 0.2) is 0 Å². The molecule has 1 aliphatic rings. The quantitative estimate of drug-likeness (QED) is 0.629. The Balaban J connectivity index is 2.37. The molecule has 0 saturated heterocycles.